The smallest absolute Gasteiger partial charge is 0.0105 e. The van der Waals surface area contributed by atoms with Gasteiger partial charge in [0.15, 0.2) is 0 Å². The maximum atomic E-state index is 2.39. The fourth-order valence-corrected chi connectivity index (χ4v) is 5.62. The van der Waals surface area contributed by atoms with E-state index in [-0.39, 0.29) is 10.8 Å². The van der Waals surface area contributed by atoms with Crippen LogP contribution >= 0.6 is 8.19 Å². The van der Waals surface area contributed by atoms with Gasteiger partial charge in [-0.2, -0.15) is 0 Å². The van der Waals surface area contributed by atoms with Crippen LogP contribution in [0.15, 0.2) is 91.0 Å². The molecular formula is C35H45P. The average molecular weight is 497 g/mol. The predicted octanol–water partition coefficient (Wildman–Crippen LogP) is 11.9. The van der Waals surface area contributed by atoms with Gasteiger partial charge in [-0.15, -0.1) is 0 Å². The van der Waals surface area contributed by atoms with Gasteiger partial charge in [-0.1, -0.05) is 156 Å². The van der Waals surface area contributed by atoms with Crippen molar-refractivity contribution in [1.82, 2.24) is 0 Å². The van der Waals surface area contributed by atoms with E-state index in [4.69, 9.17) is 0 Å². The van der Waals surface area contributed by atoms with E-state index in [1.54, 1.807) is 0 Å². The van der Waals surface area contributed by atoms with Crippen LogP contribution in [0.2, 0.25) is 0 Å². The third-order valence-corrected chi connectivity index (χ3v) is 7.18. The van der Waals surface area contributed by atoms with Crippen molar-refractivity contribution in [1.29, 1.82) is 0 Å². The quantitative estimate of drug-likeness (QED) is 0.264. The summed E-state index contributed by atoms with van der Waals surface area (Å²) in [4.78, 5) is 0. The Balaban J connectivity index is 0.00000109. The van der Waals surface area contributed by atoms with Gasteiger partial charge in [0.2, 0.25) is 0 Å². The Labute approximate surface area is 222 Å². The molecule has 0 saturated heterocycles. The summed E-state index contributed by atoms with van der Waals surface area (Å²) in [6.07, 6.45) is 0. The molecule has 0 N–H and O–H groups in total. The molecule has 0 amide bonds. The van der Waals surface area contributed by atoms with Crippen molar-refractivity contribution in [2.45, 2.75) is 80.1 Å². The second-order valence-corrected chi connectivity index (χ2v) is 11.8. The summed E-state index contributed by atoms with van der Waals surface area (Å²) in [5, 5.41) is 2.74. The molecule has 0 unspecified atom stereocenters. The Morgan fingerprint density at radius 1 is 0.444 bits per heavy atom. The molecule has 1 heterocycles. The molecule has 0 aliphatic carbocycles. The second-order valence-electron chi connectivity index (χ2n) is 10.6. The van der Waals surface area contributed by atoms with E-state index >= 15 is 0 Å². The maximum absolute atomic E-state index is 2.39. The van der Waals surface area contributed by atoms with Gasteiger partial charge >= 0.3 is 0 Å². The van der Waals surface area contributed by atoms with E-state index in [2.05, 4.69) is 133 Å². The van der Waals surface area contributed by atoms with E-state index in [1.165, 1.54) is 52.2 Å². The summed E-state index contributed by atoms with van der Waals surface area (Å²) in [5.74, 6) is 0. The van der Waals surface area contributed by atoms with Gasteiger partial charge in [0.25, 0.3) is 0 Å². The lowest BCUT2D eigenvalue weighted by atomic mass is 9.83. The molecule has 1 heteroatoms. The van der Waals surface area contributed by atoms with Gasteiger partial charge in [-0.25, -0.2) is 0 Å². The molecule has 1 aromatic heterocycles. The van der Waals surface area contributed by atoms with Crippen molar-refractivity contribution in [3.63, 3.8) is 0 Å². The highest BCUT2D eigenvalue weighted by Crippen LogP contribution is 2.45. The van der Waals surface area contributed by atoms with Crippen LogP contribution in [-0.4, -0.2) is 0 Å². The van der Waals surface area contributed by atoms with Crippen LogP contribution in [0, 0.1) is 0 Å². The Bertz CT molecular complexity index is 1150. The lowest BCUT2D eigenvalue weighted by Gasteiger charge is -2.25. The van der Waals surface area contributed by atoms with E-state index in [0.717, 1.165) is 0 Å². The number of benzene rings is 3. The largest absolute Gasteiger partial charge is 0.0683 e. The molecule has 0 aliphatic rings. The van der Waals surface area contributed by atoms with Gasteiger partial charge in [0, 0.05) is 10.6 Å². The molecule has 3 aromatic carbocycles. The zero-order valence-electron chi connectivity index (χ0n) is 24.1. The normalized spacial score (nSPS) is 11.1. The molecule has 0 spiro atoms. The zero-order chi connectivity index (χ0) is 26.9. The van der Waals surface area contributed by atoms with Crippen molar-refractivity contribution >= 4 is 8.19 Å². The molecule has 4 aromatic rings. The SMILES string of the molecule is CC.CC.CC(C)(C)c1ccccc1-c1cc(-c2ccccc2)cc(-c2ccccc2C(C)(C)C)p1. The Hall–Kier alpha value is -2.69. The first kappa shape index (κ1) is 29.5. The summed E-state index contributed by atoms with van der Waals surface area (Å²) >= 11 is 0. The van der Waals surface area contributed by atoms with Gasteiger partial charge in [-0.05, 0) is 56.3 Å². The molecule has 190 valence electrons. The molecule has 0 radical (unpaired) electrons. The summed E-state index contributed by atoms with van der Waals surface area (Å²) in [6, 6.07) is 33.4. The van der Waals surface area contributed by atoms with Crippen LogP contribution in [0.25, 0.3) is 32.8 Å². The Kier molecular flexibility index (Phi) is 10.7. The van der Waals surface area contributed by atoms with E-state index < -0.39 is 0 Å². The van der Waals surface area contributed by atoms with Crippen LogP contribution in [0.4, 0.5) is 0 Å². The molecule has 0 nitrogen and oxygen atoms in total. The number of hydrogen-bond donors (Lipinski definition) is 0. The van der Waals surface area contributed by atoms with Crippen LogP contribution < -0.4 is 0 Å². The second kappa shape index (κ2) is 13.0. The molecule has 4 rings (SSSR count). The molecular weight excluding hydrogens is 451 g/mol. The molecule has 0 atom stereocenters. The lowest BCUT2D eigenvalue weighted by Crippen LogP contribution is -2.12. The summed E-state index contributed by atoms with van der Waals surface area (Å²) < 4.78 is 0. The Morgan fingerprint density at radius 2 is 0.806 bits per heavy atom. The number of rotatable bonds is 3. The van der Waals surface area contributed by atoms with E-state index in [0.29, 0.717) is 0 Å². The third-order valence-electron chi connectivity index (χ3n) is 5.95. The monoisotopic (exact) mass is 496 g/mol. The highest BCUT2D eigenvalue weighted by molar-refractivity contribution is 7.37. The van der Waals surface area contributed by atoms with E-state index in [9.17, 15) is 0 Å². The van der Waals surface area contributed by atoms with Crippen LogP contribution in [0.3, 0.4) is 0 Å². The summed E-state index contributed by atoms with van der Waals surface area (Å²) in [5.41, 5.74) is 8.23. The van der Waals surface area contributed by atoms with Crippen molar-refractivity contribution in [3.05, 3.63) is 102 Å². The van der Waals surface area contributed by atoms with Crippen molar-refractivity contribution in [2.24, 2.45) is 0 Å². The maximum Gasteiger partial charge on any atom is 0.0105 e. The lowest BCUT2D eigenvalue weighted by molar-refractivity contribution is 0.592. The summed E-state index contributed by atoms with van der Waals surface area (Å²) in [7, 11) is 1.26. The highest BCUT2D eigenvalue weighted by atomic mass is 31.0. The summed E-state index contributed by atoms with van der Waals surface area (Å²) in [6.45, 7) is 21.8. The first-order valence-corrected chi connectivity index (χ1v) is 14.3. The van der Waals surface area contributed by atoms with Crippen LogP contribution in [0.1, 0.15) is 80.4 Å². The van der Waals surface area contributed by atoms with Gasteiger partial charge in [0.1, 0.15) is 0 Å². The van der Waals surface area contributed by atoms with Crippen LogP contribution in [0.5, 0.6) is 0 Å². The minimum Gasteiger partial charge on any atom is -0.0683 e. The molecule has 0 fully saturated rings. The zero-order valence-corrected chi connectivity index (χ0v) is 25.0. The van der Waals surface area contributed by atoms with Crippen molar-refractivity contribution in [2.75, 3.05) is 0 Å². The predicted molar refractivity (Wildman–Crippen MR) is 165 cm³/mol. The minimum absolute atomic E-state index is 0.0878. The fraction of sp³-hybridized carbons (Fsp3) is 0.343. The first-order chi connectivity index (χ1) is 17.1. The van der Waals surface area contributed by atoms with Crippen molar-refractivity contribution < 1.29 is 0 Å². The highest BCUT2D eigenvalue weighted by Gasteiger charge is 2.22. The van der Waals surface area contributed by atoms with E-state index in [1.807, 2.05) is 27.7 Å². The Morgan fingerprint density at radius 3 is 1.19 bits per heavy atom. The third kappa shape index (κ3) is 7.18. The van der Waals surface area contributed by atoms with Crippen molar-refractivity contribution in [3.8, 4) is 32.8 Å². The van der Waals surface area contributed by atoms with Crippen LogP contribution in [-0.2, 0) is 10.8 Å². The topological polar surface area (TPSA) is 0 Å². The van der Waals surface area contributed by atoms with Gasteiger partial charge in [-0.3, -0.25) is 0 Å². The molecule has 36 heavy (non-hydrogen) atoms. The standard InChI is InChI=1S/C31H33P.2C2H6/c1-30(2,3)26-18-12-10-16-24(26)28-20-23(22-14-8-7-9-15-22)21-29(32-28)25-17-11-13-19-27(25)31(4,5)6;2*1-2/h7-21H,1-6H3;2*1-2H3. The van der Waals surface area contributed by atoms with Gasteiger partial charge in [0.05, 0.1) is 0 Å². The molecule has 0 saturated carbocycles. The average Bonchev–Trinajstić information content (AvgIpc) is 2.90. The molecule has 0 bridgehead atoms. The fourth-order valence-electron chi connectivity index (χ4n) is 4.32. The number of hydrogen-bond acceptors (Lipinski definition) is 0. The molecule has 0 aliphatic heterocycles. The first-order valence-electron chi connectivity index (χ1n) is 13.4. The minimum atomic E-state index is 0.0878. The van der Waals surface area contributed by atoms with Gasteiger partial charge < -0.3 is 0 Å².